The highest BCUT2D eigenvalue weighted by Gasteiger charge is 2.44. The van der Waals surface area contributed by atoms with Crippen LogP contribution in [0.4, 0.5) is 4.79 Å². The molecule has 0 radical (unpaired) electrons. The summed E-state index contributed by atoms with van der Waals surface area (Å²) in [6, 6.07) is 3.33. The van der Waals surface area contributed by atoms with E-state index in [0.29, 0.717) is 12.0 Å². The van der Waals surface area contributed by atoms with Crippen LogP contribution in [0.5, 0.6) is 0 Å². The Morgan fingerprint density at radius 3 is 2.00 bits per heavy atom. The first-order valence-electron chi connectivity index (χ1n) is 12.7. The third kappa shape index (κ3) is 9.70. The maximum atomic E-state index is 14.2. The highest BCUT2D eigenvalue weighted by atomic mass is 16.6. The van der Waals surface area contributed by atoms with Crippen LogP contribution in [0.1, 0.15) is 97.9 Å². The zero-order valence-electron chi connectivity index (χ0n) is 24.4. The number of alkyl carbamates (subject to hydrolysis) is 1. The Morgan fingerprint density at radius 1 is 1.00 bits per heavy atom. The number of hydrogen-bond donors (Lipinski definition) is 3. The Labute approximate surface area is 221 Å². The van der Waals surface area contributed by atoms with Crippen molar-refractivity contribution in [2.45, 2.75) is 118 Å². The van der Waals surface area contributed by atoms with Gasteiger partial charge in [0.15, 0.2) is 0 Å². The molecular formula is C28H46N4O5. The predicted molar refractivity (Wildman–Crippen MR) is 145 cm³/mol. The minimum atomic E-state index is -1.33. The fourth-order valence-electron chi connectivity index (χ4n) is 3.93. The monoisotopic (exact) mass is 518 g/mol. The molecule has 2 atom stereocenters. The van der Waals surface area contributed by atoms with Gasteiger partial charge in [0.25, 0.3) is 0 Å². The summed E-state index contributed by atoms with van der Waals surface area (Å²) >= 11 is 0. The molecule has 0 heterocycles. The summed E-state index contributed by atoms with van der Waals surface area (Å²) in [5, 5.41) is 5.52. The summed E-state index contributed by atoms with van der Waals surface area (Å²) in [5.41, 5.74) is 5.75. The SMILES string of the molecule is CCC(C)(C)N(C(=O)C(CC(N)=O)NC(=O)OC(C)(C)C)C(C(=O)NC(C)(C)C)c1ccc(C)cc1C. The second-order valence-electron chi connectivity index (χ2n) is 12.2. The van der Waals surface area contributed by atoms with Crippen LogP contribution in [0, 0.1) is 13.8 Å². The molecule has 1 aromatic rings. The van der Waals surface area contributed by atoms with Crippen molar-refractivity contribution in [3.05, 3.63) is 34.9 Å². The number of nitrogens with zero attached hydrogens (tertiary/aromatic N) is 1. The zero-order chi connectivity index (χ0) is 28.9. The van der Waals surface area contributed by atoms with Gasteiger partial charge in [-0.1, -0.05) is 30.7 Å². The predicted octanol–water partition coefficient (Wildman–Crippen LogP) is 4.05. The van der Waals surface area contributed by atoms with Crippen molar-refractivity contribution in [3.8, 4) is 0 Å². The molecule has 0 aliphatic heterocycles. The van der Waals surface area contributed by atoms with Crippen LogP contribution in [0.2, 0.25) is 0 Å². The molecule has 0 saturated carbocycles. The first kappa shape index (κ1) is 31.9. The summed E-state index contributed by atoms with van der Waals surface area (Å²) < 4.78 is 5.33. The van der Waals surface area contributed by atoms with Crippen molar-refractivity contribution in [2.75, 3.05) is 0 Å². The second-order valence-corrected chi connectivity index (χ2v) is 12.2. The normalized spacial score (nSPS) is 13.8. The van der Waals surface area contributed by atoms with Gasteiger partial charge in [-0.3, -0.25) is 14.4 Å². The minimum Gasteiger partial charge on any atom is -0.444 e. The average Bonchev–Trinajstić information content (AvgIpc) is 2.68. The van der Waals surface area contributed by atoms with Crippen LogP contribution in [0.15, 0.2) is 18.2 Å². The number of carbonyl (C=O) groups is 4. The molecule has 37 heavy (non-hydrogen) atoms. The number of hydrogen-bond acceptors (Lipinski definition) is 5. The third-order valence-corrected chi connectivity index (χ3v) is 5.87. The Hall–Kier alpha value is -3.10. The van der Waals surface area contributed by atoms with Gasteiger partial charge in [-0.2, -0.15) is 0 Å². The molecule has 0 spiro atoms. The van der Waals surface area contributed by atoms with Gasteiger partial charge < -0.3 is 26.0 Å². The molecule has 9 heteroatoms. The van der Waals surface area contributed by atoms with E-state index in [-0.39, 0.29) is 5.91 Å². The molecule has 0 fully saturated rings. The summed E-state index contributed by atoms with van der Waals surface area (Å²) in [5.74, 6) is -1.75. The maximum Gasteiger partial charge on any atom is 0.408 e. The summed E-state index contributed by atoms with van der Waals surface area (Å²) in [7, 11) is 0. The van der Waals surface area contributed by atoms with E-state index in [1.807, 2.05) is 73.6 Å². The molecule has 0 aromatic heterocycles. The van der Waals surface area contributed by atoms with Gasteiger partial charge in [0.1, 0.15) is 17.7 Å². The largest absolute Gasteiger partial charge is 0.444 e. The van der Waals surface area contributed by atoms with Gasteiger partial charge in [-0.25, -0.2) is 4.79 Å². The summed E-state index contributed by atoms with van der Waals surface area (Å²) in [6.45, 7) is 20.1. The van der Waals surface area contributed by atoms with Crippen LogP contribution in [0.3, 0.4) is 0 Å². The number of benzene rings is 1. The number of nitrogens with one attached hydrogen (secondary N) is 2. The zero-order valence-corrected chi connectivity index (χ0v) is 24.4. The van der Waals surface area contributed by atoms with Crippen LogP contribution in [-0.4, -0.2) is 51.4 Å². The van der Waals surface area contributed by atoms with E-state index in [9.17, 15) is 19.2 Å². The summed E-state index contributed by atoms with van der Waals surface area (Å²) in [4.78, 5) is 54.1. The smallest absolute Gasteiger partial charge is 0.408 e. The fourth-order valence-corrected chi connectivity index (χ4v) is 3.93. The van der Waals surface area contributed by atoms with Crippen molar-refractivity contribution < 1.29 is 23.9 Å². The van der Waals surface area contributed by atoms with Crippen molar-refractivity contribution in [1.82, 2.24) is 15.5 Å². The van der Waals surface area contributed by atoms with Crippen molar-refractivity contribution in [1.29, 1.82) is 0 Å². The van der Waals surface area contributed by atoms with E-state index in [2.05, 4.69) is 10.6 Å². The number of nitrogens with two attached hydrogens (primary N) is 1. The van der Waals surface area contributed by atoms with Gasteiger partial charge >= 0.3 is 6.09 Å². The Bertz CT molecular complexity index is 1000. The lowest BCUT2D eigenvalue weighted by atomic mass is 9.89. The molecule has 0 aliphatic rings. The fraction of sp³-hybridized carbons (Fsp3) is 0.643. The standard InChI is InChI=1S/C28H46N4O5/c1-12-28(10,11)32(24(35)20(16-21(29)33)30-25(36)37-27(7,8)9)22(23(34)31-26(4,5)6)19-14-13-17(2)15-18(19)3/h13-15,20,22H,12,16H2,1-11H3,(H2,29,33)(H,30,36)(H,31,34). The lowest BCUT2D eigenvalue weighted by Gasteiger charge is -2.45. The molecule has 1 rings (SSSR count). The molecule has 9 nitrogen and oxygen atoms in total. The number of rotatable bonds is 9. The Balaban J connectivity index is 3.76. The maximum absolute atomic E-state index is 14.2. The number of carbonyl (C=O) groups excluding carboxylic acids is 4. The molecule has 208 valence electrons. The molecule has 4 amide bonds. The van der Waals surface area contributed by atoms with E-state index < -0.39 is 53.1 Å². The van der Waals surface area contributed by atoms with Gasteiger partial charge in [-0.15, -0.1) is 0 Å². The number of ether oxygens (including phenoxy) is 1. The number of primary amides is 1. The quantitative estimate of drug-likeness (QED) is 0.454. The molecule has 0 saturated heterocycles. The van der Waals surface area contributed by atoms with Crippen LogP contribution < -0.4 is 16.4 Å². The van der Waals surface area contributed by atoms with Gasteiger partial charge in [0.2, 0.25) is 17.7 Å². The van der Waals surface area contributed by atoms with E-state index in [1.165, 1.54) is 4.90 Å². The van der Waals surface area contributed by atoms with Gasteiger partial charge in [0, 0.05) is 11.1 Å². The molecule has 0 bridgehead atoms. The van der Waals surface area contributed by atoms with Crippen molar-refractivity contribution >= 4 is 23.8 Å². The second kappa shape index (κ2) is 12.0. The first-order chi connectivity index (χ1) is 16.7. The Morgan fingerprint density at radius 2 is 1.57 bits per heavy atom. The Kier molecular flexibility index (Phi) is 10.3. The lowest BCUT2D eigenvalue weighted by molar-refractivity contribution is -0.150. The molecule has 0 aliphatic carbocycles. The average molecular weight is 519 g/mol. The van der Waals surface area contributed by atoms with E-state index in [4.69, 9.17) is 10.5 Å². The van der Waals surface area contributed by atoms with Crippen molar-refractivity contribution in [3.63, 3.8) is 0 Å². The number of aryl methyl sites for hydroxylation is 2. The minimum absolute atomic E-state index is 0.371. The molecule has 1 aromatic carbocycles. The van der Waals surface area contributed by atoms with E-state index >= 15 is 0 Å². The first-order valence-corrected chi connectivity index (χ1v) is 12.7. The highest BCUT2D eigenvalue weighted by Crippen LogP contribution is 2.34. The highest BCUT2D eigenvalue weighted by molar-refractivity contribution is 5.95. The van der Waals surface area contributed by atoms with E-state index in [1.54, 1.807) is 20.8 Å². The molecule has 4 N–H and O–H groups in total. The van der Waals surface area contributed by atoms with Crippen molar-refractivity contribution in [2.24, 2.45) is 5.73 Å². The van der Waals surface area contributed by atoms with Crippen LogP contribution in [0.25, 0.3) is 0 Å². The third-order valence-electron chi connectivity index (χ3n) is 5.87. The lowest BCUT2D eigenvalue weighted by Crippen LogP contribution is -2.61. The molecular weight excluding hydrogens is 472 g/mol. The van der Waals surface area contributed by atoms with Crippen LogP contribution >= 0.6 is 0 Å². The summed E-state index contributed by atoms with van der Waals surface area (Å²) in [6.07, 6.45) is -0.809. The van der Waals surface area contributed by atoms with Gasteiger partial charge in [-0.05, 0) is 86.8 Å². The topological polar surface area (TPSA) is 131 Å². The van der Waals surface area contributed by atoms with Gasteiger partial charge in [0.05, 0.1) is 6.42 Å². The van der Waals surface area contributed by atoms with Crippen LogP contribution in [-0.2, 0) is 19.1 Å². The number of amides is 4. The van der Waals surface area contributed by atoms with E-state index in [0.717, 1.165) is 11.1 Å². The molecule has 2 unspecified atom stereocenters.